The standard InChI is InChI=1S/C20H30O3/c1-12-8-15-14(18(15,3)4)6-7-19(5,22)11-16-17(21)13(2)10-20(16,23)9-12/h10-12,14-15,22-23H,6-9H2,1-5H3/b16-11+/t12?,14-,15+,19-,20+/m0/s1. The van der Waals surface area contributed by atoms with Gasteiger partial charge < -0.3 is 10.2 Å². The van der Waals surface area contributed by atoms with Gasteiger partial charge in [0.2, 0.25) is 0 Å². The number of Topliss-reactive ketones (excluding diaryl/α,β-unsaturated/α-hetero) is 1. The highest BCUT2D eigenvalue weighted by Gasteiger charge is 2.57. The van der Waals surface area contributed by atoms with Crippen LogP contribution in [0.25, 0.3) is 0 Å². The first-order valence-electron chi connectivity index (χ1n) is 8.88. The number of fused-ring (bicyclic) bond motifs is 2. The lowest BCUT2D eigenvalue weighted by molar-refractivity contribution is -0.113. The molecule has 0 radical (unpaired) electrons. The van der Waals surface area contributed by atoms with E-state index in [0.717, 1.165) is 12.8 Å². The first kappa shape index (κ1) is 16.9. The second kappa shape index (κ2) is 5.03. The highest BCUT2D eigenvalue weighted by atomic mass is 16.3. The zero-order chi connectivity index (χ0) is 17.2. The van der Waals surface area contributed by atoms with Crippen LogP contribution in [0.4, 0.5) is 0 Å². The molecule has 0 aromatic rings. The Morgan fingerprint density at radius 1 is 1.13 bits per heavy atom. The van der Waals surface area contributed by atoms with Crippen LogP contribution < -0.4 is 0 Å². The minimum Gasteiger partial charge on any atom is -0.386 e. The van der Waals surface area contributed by atoms with Gasteiger partial charge in [-0.3, -0.25) is 4.79 Å². The maximum absolute atomic E-state index is 12.5. The monoisotopic (exact) mass is 318 g/mol. The van der Waals surface area contributed by atoms with Gasteiger partial charge in [-0.05, 0) is 80.4 Å². The van der Waals surface area contributed by atoms with Crippen molar-refractivity contribution in [2.45, 2.75) is 71.5 Å². The van der Waals surface area contributed by atoms with E-state index >= 15 is 0 Å². The van der Waals surface area contributed by atoms with Crippen molar-refractivity contribution in [1.29, 1.82) is 0 Å². The average Bonchev–Trinajstić information content (AvgIpc) is 2.84. The molecule has 0 aromatic carbocycles. The van der Waals surface area contributed by atoms with E-state index in [4.69, 9.17) is 0 Å². The normalized spacial score (nSPS) is 48.5. The summed E-state index contributed by atoms with van der Waals surface area (Å²) in [6.45, 7) is 10.3. The molecule has 3 rings (SSSR count). The van der Waals surface area contributed by atoms with Gasteiger partial charge in [0.25, 0.3) is 0 Å². The summed E-state index contributed by atoms with van der Waals surface area (Å²) in [7, 11) is 0. The molecule has 2 N–H and O–H groups in total. The van der Waals surface area contributed by atoms with Gasteiger partial charge in [0.05, 0.1) is 5.60 Å². The number of hydrogen-bond acceptors (Lipinski definition) is 3. The third-order valence-electron chi connectivity index (χ3n) is 6.55. The number of carbonyl (C=O) groups is 1. The van der Waals surface area contributed by atoms with E-state index < -0.39 is 11.2 Å². The zero-order valence-corrected chi connectivity index (χ0v) is 15.0. The lowest BCUT2D eigenvalue weighted by Gasteiger charge is -2.29. The quantitative estimate of drug-likeness (QED) is 0.719. The van der Waals surface area contributed by atoms with E-state index in [1.807, 2.05) is 0 Å². The summed E-state index contributed by atoms with van der Waals surface area (Å²) in [6, 6.07) is 0. The van der Waals surface area contributed by atoms with E-state index in [9.17, 15) is 15.0 Å². The number of allylic oxidation sites excluding steroid dienone is 1. The lowest BCUT2D eigenvalue weighted by atomic mass is 9.82. The summed E-state index contributed by atoms with van der Waals surface area (Å²) in [5.74, 6) is 1.51. The molecule has 128 valence electrons. The molecule has 3 aliphatic carbocycles. The van der Waals surface area contributed by atoms with Crippen LogP contribution in [-0.4, -0.2) is 27.2 Å². The number of hydrogen-bond donors (Lipinski definition) is 2. The minimum absolute atomic E-state index is 0.121. The van der Waals surface area contributed by atoms with Crippen molar-refractivity contribution in [1.82, 2.24) is 0 Å². The fourth-order valence-corrected chi connectivity index (χ4v) is 5.05. The summed E-state index contributed by atoms with van der Waals surface area (Å²) < 4.78 is 0. The molecule has 3 aliphatic rings. The Bertz CT molecular complexity index is 596. The van der Waals surface area contributed by atoms with E-state index in [2.05, 4.69) is 20.8 Å². The third kappa shape index (κ3) is 2.83. The third-order valence-corrected chi connectivity index (χ3v) is 6.55. The number of rotatable bonds is 0. The molecule has 3 nitrogen and oxygen atoms in total. The fourth-order valence-electron chi connectivity index (χ4n) is 5.05. The minimum atomic E-state index is -1.22. The molecule has 5 atom stereocenters. The maximum atomic E-state index is 12.5. The molecule has 1 unspecified atom stereocenters. The van der Waals surface area contributed by atoms with Gasteiger partial charge in [-0.15, -0.1) is 0 Å². The van der Waals surface area contributed by atoms with Crippen molar-refractivity contribution in [2.24, 2.45) is 23.2 Å². The van der Waals surface area contributed by atoms with Gasteiger partial charge >= 0.3 is 0 Å². The van der Waals surface area contributed by atoms with Crippen LogP contribution in [0.2, 0.25) is 0 Å². The van der Waals surface area contributed by atoms with Crippen LogP contribution in [0, 0.1) is 23.2 Å². The summed E-state index contributed by atoms with van der Waals surface area (Å²) >= 11 is 0. The second-order valence-corrected chi connectivity index (χ2v) is 9.11. The van der Waals surface area contributed by atoms with Crippen molar-refractivity contribution in [2.75, 3.05) is 0 Å². The Kier molecular flexibility index (Phi) is 3.70. The SMILES string of the molecule is CC1=C[C@]2(O)CC(C)C[C@@H]3[C@H](CC[C@](C)(O)/C=C/2C1=O)C3(C)C. The van der Waals surface area contributed by atoms with E-state index in [1.54, 1.807) is 26.0 Å². The molecule has 0 aliphatic heterocycles. The molecule has 23 heavy (non-hydrogen) atoms. The Labute approximate surface area is 139 Å². The van der Waals surface area contributed by atoms with Crippen LogP contribution in [0.1, 0.15) is 60.3 Å². The first-order valence-corrected chi connectivity index (χ1v) is 8.88. The molecule has 0 amide bonds. The summed E-state index contributed by atoms with van der Waals surface area (Å²) in [6.07, 6.45) is 6.57. The summed E-state index contributed by atoms with van der Waals surface area (Å²) in [5.41, 5.74) is -0.974. The van der Waals surface area contributed by atoms with Gasteiger partial charge in [0.15, 0.2) is 5.78 Å². The van der Waals surface area contributed by atoms with Crippen molar-refractivity contribution in [3.63, 3.8) is 0 Å². The Balaban J connectivity index is 1.98. The van der Waals surface area contributed by atoms with Crippen molar-refractivity contribution < 1.29 is 15.0 Å². The molecule has 0 saturated heterocycles. The van der Waals surface area contributed by atoms with E-state index in [0.29, 0.717) is 47.2 Å². The predicted octanol–water partition coefficient (Wildman–Crippen LogP) is 3.41. The van der Waals surface area contributed by atoms with Gasteiger partial charge in [-0.25, -0.2) is 0 Å². The topological polar surface area (TPSA) is 57.5 Å². The molecule has 0 aromatic heterocycles. The zero-order valence-electron chi connectivity index (χ0n) is 15.0. The Morgan fingerprint density at radius 2 is 1.78 bits per heavy atom. The predicted molar refractivity (Wildman–Crippen MR) is 90.8 cm³/mol. The van der Waals surface area contributed by atoms with E-state index in [1.165, 1.54) is 0 Å². The second-order valence-electron chi connectivity index (χ2n) is 9.11. The largest absolute Gasteiger partial charge is 0.386 e. The lowest BCUT2D eigenvalue weighted by Crippen LogP contribution is -2.33. The smallest absolute Gasteiger partial charge is 0.187 e. The molecular formula is C20H30O3. The first-order chi connectivity index (χ1) is 10.5. The van der Waals surface area contributed by atoms with Gasteiger partial charge in [-0.1, -0.05) is 20.8 Å². The summed E-state index contributed by atoms with van der Waals surface area (Å²) in [4.78, 5) is 12.5. The van der Waals surface area contributed by atoms with Crippen molar-refractivity contribution >= 4 is 5.78 Å². The average molecular weight is 318 g/mol. The molecule has 1 fully saturated rings. The van der Waals surface area contributed by atoms with Crippen LogP contribution in [0.3, 0.4) is 0 Å². The molecule has 0 spiro atoms. The maximum Gasteiger partial charge on any atom is 0.187 e. The highest BCUT2D eigenvalue weighted by Crippen LogP contribution is 2.63. The van der Waals surface area contributed by atoms with Crippen molar-refractivity contribution in [3.8, 4) is 0 Å². The van der Waals surface area contributed by atoms with Gasteiger partial charge in [-0.2, -0.15) is 0 Å². The van der Waals surface area contributed by atoms with Crippen LogP contribution >= 0.6 is 0 Å². The van der Waals surface area contributed by atoms with Gasteiger partial charge in [0, 0.05) is 5.57 Å². The Morgan fingerprint density at radius 3 is 2.43 bits per heavy atom. The van der Waals surface area contributed by atoms with Crippen LogP contribution in [0.5, 0.6) is 0 Å². The molecule has 0 heterocycles. The fraction of sp³-hybridized carbons (Fsp3) is 0.750. The highest BCUT2D eigenvalue weighted by molar-refractivity contribution is 6.12. The summed E-state index contributed by atoms with van der Waals surface area (Å²) in [5, 5.41) is 21.9. The number of carbonyl (C=O) groups excluding carboxylic acids is 1. The van der Waals surface area contributed by atoms with Crippen LogP contribution in [-0.2, 0) is 4.79 Å². The van der Waals surface area contributed by atoms with Gasteiger partial charge in [0.1, 0.15) is 5.60 Å². The molecule has 3 heteroatoms. The number of ketones is 1. The number of aliphatic hydroxyl groups is 2. The Hall–Kier alpha value is -0.930. The molecule has 0 bridgehead atoms. The van der Waals surface area contributed by atoms with Crippen molar-refractivity contribution in [3.05, 3.63) is 23.3 Å². The molecular weight excluding hydrogens is 288 g/mol. The van der Waals surface area contributed by atoms with Crippen LogP contribution in [0.15, 0.2) is 23.3 Å². The van der Waals surface area contributed by atoms with E-state index in [-0.39, 0.29) is 5.78 Å². The molecule has 1 saturated carbocycles.